The van der Waals surface area contributed by atoms with E-state index in [-0.39, 0.29) is 11.7 Å². The Morgan fingerprint density at radius 1 is 1.15 bits per heavy atom. The topological polar surface area (TPSA) is 54.3 Å². The molecule has 1 aliphatic heterocycles. The molecule has 0 saturated carbocycles. The largest absolute Gasteiger partial charge is 0.336 e. The highest BCUT2D eigenvalue weighted by molar-refractivity contribution is 5.96. The van der Waals surface area contributed by atoms with Crippen LogP contribution in [0.4, 0.5) is 4.39 Å². The Morgan fingerprint density at radius 2 is 1.96 bits per heavy atom. The fourth-order valence-corrected chi connectivity index (χ4v) is 3.32. The number of hydrogen-bond acceptors (Lipinski definition) is 4. The second-order valence-electron chi connectivity index (χ2n) is 6.62. The van der Waals surface area contributed by atoms with Gasteiger partial charge in [-0.05, 0) is 23.8 Å². The van der Waals surface area contributed by atoms with E-state index >= 15 is 0 Å². The summed E-state index contributed by atoms with van der Waals surface area (Å²) in [6.45, 7) is 3.52. The molecule has 0 N–H and O–H groups in total. The minimum atomic E-state index is -0.214. The van der Waals surface area contributed by atoms with Gasteiger partial charge in [0.25, 0.3) is 5.91 Å². The van der Waals surface area contributed by atoms with Gasteiger partial charge in [0.1, 0.15) is 11.3 Å². The number of hydrogen-bond donors (Lipinski definition) is 0. The minimum Gasteiger partial charge on any atom is -0.336 e. The molecule has 2 aromatic heterocycles. The first-order chi connectivity index (χ1) is 12.6. The molecule has 1 aromatic carbocycles. The Labute approximate surface area is 150 Å². The van der Waals surface area contributed by atoms with Crippen LogP contribution in [0.2, 0.25) is 0 Å². The summed E-state index contributed by atoms with van der Waals surface area (Å²) >= 11 is 0. The second-order valence-corrected chi connectivity index (χ2v) is 6.62. The van der Waals surface area contributed by atoms with Gasteiger partial charge in [-0.2, -0.15) is 0 Å². The van der Waals surface area contributed by atoms with Gasteiger partial charge in [-0.3, -0.25) is 9.69 Å². The summed E-state index contributed by atoms with van der Waals surface area (Å²) in [7, 11) is 1.88. The Morgan fingerprint density at radius 3 is 2.73 bits per heavy atom. The highest BCUT2D eigenvalue weighted by Crippen LogP contribution is 2.15. The molecule has 0 unspecified atom stereocenters. The van der Waals surface area contributed by atoms with E-state index in [0.717, 1.165) is 29.8 Å². The number of halogens is 1. The molecule has 0 radical (unpaired) electrons. The number of nitrogens with zero attached hydrogens (tertiary/aromatic N) is 5. The van der Waals surface area contributed by atoms with Crippen LogP contribution >= 0.6 is 0 Å². The first-order valence-electron chi connectivity index (χ1n) is 8.63. The summed E-state index contributed by atoms with van der Waals surface area (Å²) in [5.74, 6) is -0.232. The second kappa shape index (κ2) is 6.84. The number of amides is 1. The Kier molecular flexibility index (Phi) is 4.38. The third-order valence-corrected chi connectivity index (χ3v) is 4.75. The number of pyridine rings is 1. The van der Waals surface area contributed by atoms with Gasteiger partial charge in [0.05, 0.1) is 11.9 Å². The quantitative estimate of drug-likeness (QED) is 0.723. The van der Waals surface area contributed by atoms with Crippen molar-refractivity contribution in [2.75, 3.05) is 26.2 Å². The molecule has 0 atom stereocenters. The molecule has 1 fully saturated rings. The molecule has 3 aromatic rings. The summed E-state index contributed by atoms with van der Waals surface area (Å²) in [5, 5.41) is 0. The number of carbonyl (C=O) groups excluding carboxylic acids is 1. The zero-order chi connectivity index (χ0) is 18.1. The predicted molar refractivity (Wildman–Crippen MR) is 96.1 cm³/mol. The van der Waals surface area contributed by atoms with Gasteiger partial charge in [-0.25, -0.2) is 14.4 Å². The normalized spacial score (nSPS) is 15.5. The molecule has 1 saturated heterocycles. The van der Waals surface area contributed by atoms with Crippen molar-refractivity contribution in [2.24, 2.45) is 7.05 Å². The average Bonchev–Trinajstić information content (AvgIpc) is 3.02. The number of carbonyl (C=O) groups is 1. The monoisotopic (exact) mass is 353 g/mol. The third kappa shape index (κ3) is 3.30. The lowest BCUT2D eigenvalue weighted by molar-refractivity contribution is 0.0628. The zero-order valence-corrected chi connectivity index (χ0v) is 14.6. The van der Waals surface area contributed by atoms with Crippen molar-refractivity contribution < 1.29 is 9.18 Å². The van der Waals surface area contributed by atoms with Gasteiger partial charge in [0, 0.05) is 46.0 Å². The van der Waals surface area contributed by atoms with Crippen LogP contribution in [0.25, 0.3) is 11.2 Å². The number of aromatic nitrogens is 3. The molecule has 134 valence electrons. The highest BCUT2D eigenvalue weighted by Gasteiger charge is 2.23. The molecular weight excluding hydrogens is 333 g/mol. The van der Waals surface area contributed by atoms with Crippen molar-refractivity contribution >= 4 is 17.1 Å². The maximum Gasteiger partial charge on any atom is 0.255 e. The van der Waals surface area contributed by atoms with Crippen molar-refractivity contribution in [3.63, 3.8) is 0 Å². The third-order valence-electron chi connectivity index (χ3n) is 4.75. The summed E-state index contributed by atoms with van der Waals surface area (Å²) in [6.07, 6.45) is 3.31. The average molecular weight is 353 g/mol. The molecule has 0 aliphatic carbocycles. The van der Waals surface area contributed by atoms with Gasteiger partial charge < -0.3 is 9.47 Å². The number of piperazine rings is 1. The smallest absolute Gasteiger partial charge is 0.255 e. The van der Waals surface area contributed by atoms with E-state index in [1.807, 2.05) is 22.6 Å². The summed E-state index contributed by atoms with van der Waals surface area (Å²) in [5.41, 5.74) is 3.01. The molecule has 0 spiro atoms. The van der Waals surface area contributed by atoms with Crippen molar-refractivity contribution in [1.29, 1.82) is 0 Å². The lowest BCUT2D eigenvalue weighted by Crippen LogP contribution is -2.48. The van der Waals surface area contributed by atoms with Crippen molar-refractivity contribution in [3.8, 4) is 0 Å². The molecule has 1 amide bonds. The SMILES string of the molecule is Cn1cnc2cc(C(=O)N3CCN(Cc4cccc(F)c4)CC3)cnc21. The summed E-state index contributed by atoms with van der Waals surface area (Å²) in [6, 6.07) is 8.46. The van der Waals surface area contributed by atoms with Crippen LogP contribution in [-0.4, -0.2) is 56.4 Å². The standard InChI is InChI=1S/C19H20FN5O/c1-23-13-22-17-10-15(11-21-18(17)23)19(26)25-7-5-24(6-8-25)12-14-3-2-4-16(20)9-14/h2-4,9-11,13H,5-8,12H2,1H3. The number of benzene rings is 1. The molecular formula is C19H20FN5O. The van der Waals surface area contributed by atoms with Crippen LogP contribution in [-0.2, 0) is 13.6 Å². The predicted octanol–water partition coefficient (Wildman–Crippen LogP) is 2.07. The van der Waals surface area contributed by atoms with Crippen molar-refractivity contribution in [3.05, 3.63) is 59.8 Å². The maximum absolute atomic E-state index is 13.3. The van der Waals surface area contributed by atoms with Gasteiger partial charge in [-0.15, -0.1) is 0 Å². The van der Waals surface area contributed by atoms with Crippen LogP contribution in [0.1, 0.15) is 15.9 Å². The van der Waals surface area contributed by atoms with E-state index in [1.165, 1.54) is 6.07 Å². The first kappa shape index (κ1) is 16.7. The Bertz CT molecular complexity index is 946. The Hall–Kier alpha value is -2.80. The van der Waals surface area contributed by atoms with Crippen LogP contribution < -0.4 is 0 Å². The lowest BCUT2D eigenvalue weighted by Gasteiger charge is -2.34. The number of aryl methyl sites for hydroxylation is 1. The van der Waals surface area contributed by atoms with Gasteiger partial charge in [0.15, 0.2) is 5.65 Å². The fourth-order valence-electron chi connectivity index (χ4n) is 3.32. The van der Waals surface area contributed by atoms with E-state index in [9.17, 15) is 9.18 Å². The first-order valence-corrected chi connectivity index (χ1v) is 8.63. The molecule has 4 rings (SSSR count). The molecule has 0 bridgehead atoms. The number of fused-ring (bicyclic) bond motifs is 1. The van der Waals surface area contributed by atoms with E-state index < -0.39 is 0 Å². The van der Waals surface area contributed by atoms with Crippen molar-refractivity contribution in [2.45, 2.75) is 6.54 Å². The summed E-state index contributed by atoms with van der Waals surface area (Å²) in [4.78, 5) is 25.4. The van der Waals surface area contributed by atoms with E-state index in [1.54, 1.807) is 30.7 Å². The van der Waals surface area contributed by atoms with Gasteiger partial charge >= 0.3 is 0 Å². The molecule has 7 heteroatoms. The molecule has 3 heterocycles. The van der Waals surface area contributed by atoms with Crippen LogP contribution in [0.5, 0.6) is 0 Å². The summed E-state index contributed by atoms with van der Waals surface area (Å²) < 4.78 is 15.1. The highest BCUT2D eigenvalue weighted by atomic mass is 19.1. The minimum absolute atomic E-state index is 0.0181. The number of imidazole rings is 1. The van der Waals surface area contributed by atoms with Crippen molar-refractivity contribution in [1.82, 2.24) is 24.3 Å². The van der Waals surface area contributed by atoms with Crippen LogP contribution in [0, 0.1) is 5.82 Å². The molecule has 1 aliphatic rings. The Balaban J connectivity index is 1.39. The van der Waals surface area contributed by atoms with Crippen LogP contribution in [0.15, 0.2) is 42.9 Å². The van der Waals surface area contributed by atoms with Gasteiger partial charge in [0.2, 0.25) is 0 Å². The van der Waals surface area contributed by atoms with E-state index in [4.69, 9.17) is 0 Å². The molecule has 6 nitrogen and oxygen atoms in total. The van der Waals surface area contributed by atoms with Crippen LogP contribution in [0.3, 0.4) is 0 Å². The lowest BCUT2D eigenvalue weighted by atomic mass is 10.1. The van der Waals surface area contributed by atoms with E-state index in [0.29, 0.717) is 25.2 Å². The fraction of sp³-hybridized carbons (Fsp3) is 0.316. The van der Waals surface area contributed by atoms with E-state index in [2.05, 4.69) is 14.9 Å². The zero-order valence-electron chi connectivity index (χ0n) is 14.6. The number of rotatable bonds is 3. The maximum atomic E-state index is 13.3. The van der Waals surface area contributed by atoms with Gasteiger partial charge in [-0.1, -0.05) is 12.1 Å². The molecule has 26 heavy (non-hydrogen) atoms.